The molecule has 4 unspecified atom stereocenters. The molecule has 0 spiro atoms. The van der Waals surface area contributed by atoms with Crippen LogP contribution in [0.1, 0.15) is 25.3 Å². The van der Waals surface area contributed by atoms with Crippen LogP contribution in [0.15, 0.2) is 24.3 Å². The highest BCUT2D eigenvalue weighted by atomic mass is 16.5. The maximum absolute atomic E-state index is 12.5. The van der Waals surface area contributed by atoms with Crippen LogP contribution in [0.4, 0.5) is 0 Å². The van der Waals surface area contributed by atoms with Crippen LogP contribution < -0.4 is 10.5 Å². The number of carbonyl (C=O) groups excluding carboxylic acids is 1. The van der Waals surface area contributed by atoms with E-state index in [2.05, 4.69) is 0 Å². The van der Waals surface area contributed by atoms with E-state index in [0.29, 0.717) is 11.8 Å². The first-order valence-electron chi connectivity index (χ1n) is 7.82. The molecule has 4 atom stereocenters. The highest BCUT2D eigenvalue weighted by Gasteiger charge is 2.43. The number of nitrogens with zero attached hydrogens (tertiary/aromatic N) is 1. The summed E-state index contributed by atoms with van der Waals surface area (Å²) in [5.74, 6) is 1.92. The van der Waals surface area contributed by atoms with Gasteiger partial charge in [-0.15, -0.1) is 0 Å². The second-order valence-electron chi connectivity index (χ2n) is 6.48. The van der Waals surface area contributed by atoms with Gasteiger partial charge in [0.25, 0.3) is 5.91 Å². The van der Waals surface area contributed by atoms with E-state index in [1.807, 2.05) is 43.0 Å². The van der Waals surface area contributed by atoms with Crippen molar-refractivity contribution in [3.63, 3.8) is 0 Å². The quantitative estimate of drug-likeness (QED) is 0.925. The summed E-state index contributed by atoms with van der Waals surface area (Å²) in [6.45, 7) is 5.49. The Bertz CT molecular complexity index is 531. The molecule has 1 aromatic carbocycles. The van der Waals surface area contributed by atoms with Crippen LogP contribution >= 0.6 is 0 Å². The molecule has 1 amide bonds. The summed E-state index contributed by atoms with van der Waals surface area (Å²) >= 11 is 0. The molecule has 1 aliphatic heterocycles. The van der Waals surface area contributed by atoms with E-state index in [9.17, 15) is 4.79 Å². The number of likely N-dealkylation sites (tertiary alicyclic amines) is 1. The molecule has 0 aromatic heterocycles. The molecule has 4 heteroatoms. The first-order chi connectivity index (χ1) is 10.0. The Hall–Kier alpha value is -1.55. The zero-order chi connectivity index (χ0) is 15.0. The van der Waals surface area contributed by atoms with Crippen molar-refractivity contribution in [2.24, 2.45) is 17.6 Å². The number of carbonyl (C=O) groups is 1. The topological polar surface area (TPSA) is 55.6 Å². The van der Waals surface area contributed by atoms with Gasteiger partial charge in [0.05, 0.1) is 0 Å². The Morgan fingerprint density at radius 3 is 2.90 bits per heavy atom. The monoisotopic (exact) mass is 288 g/mol. The molecule has 1 heterocycles. The van der Waals surface area contributed by atoms with Crippen molar-refractivity contribution in [1.82, 2.24) is 4.90 Å². The van der Waals surface area contributed by atoms with Crippen LogP contribution in [0.5, 0.6) is 5.75 Å². The summed E-state index contributed by atoms with van der Waals surface area (Å²) in [5.41, 5.74) is 7.26. The Morgan fingerprint density at radius 1 is 1.38 bits per heavy atom. The lowest BCUT2D eigenvalue weighted by atomic mass is 9.98. The number of aryl methyl sites for hydroxylation is 1. The number of ether oxygens (including phenoxy) is 1. The predicted molar refractivity (Wildman–Crippen MR) is 82.0 cm³/mol. The Labute approximate surface area is 126 Å². The predicted octanol–water partition coefficient (Wildman–Crippen LogP) is 1.96. The molecule has 1 aromatic rings. The highest BCUT2D eigenvalue weighted by Crippen LogP contribution is 2.37. The van der Waals surface area contributed by atoms with Gasteiger partial charge in [0, 0.05) is 19.1 Å². The number of nitrogens with two attached hydrogens (primary N) is 1. The van der Waals surface area contributed by atoms with Gasteiger partial charge in [0.2, 0.25) is 0 Å². The van der Waals surface area contributed by atoms with E-state index in [1.54, 1.807) is 0 Å². The lowest BCUT2D eigenvalue weighted by Crippen LogP contribution is -2.40. The molecule has 1 saturated heterocycles. The SMILES string of the molecule is Cc1cccc(OC(C)C(=O)N2CC3CCC(N)C3C2)c1. The van der Waals surface area contributed by atoms with Gasteiger partial charge in [0.15, 0.2) is 6.10 Å². The van der Waals surface area contributed by atoms with Gasteiger partial charge in [-0.1, -0.05) is 12.1 Å². The van der Waals surface area contributed by atoms with Crippen LogP contribution in [0.3, 0.4) is 0 Å². The average Bonchev–Trinajstić information content (AvgIpc) is 3.00. The van der Waals surface area contributed by atoms with Crippen LogP contribution in [0, 0.1) is 18.8 Å². The Morgan fingerprint density at radius 2 is 2.19 bits per heavy atom. The fraction of sp³-hybridized carbons (Fsp3) is 0.588. The number of amides is 1. The minimum atomic E-state index is -0.443. The number of hydrogen-bond donors (Lipinski definition) is 1. The maximum atomic E-state index is 12.5. The smallest absolute Gasteiger partial charge is 0.263 e. The highest BCUT2D eigenvalue weighted by molar-refractivity contribution is 5.81. The van der Waals surface area contributed by atoms with Crippen LogP contribution in [0.25, 0.3) is 0 Å². The zero-order valence-corrected chi connectivity index (χ0v) is 12.8. The minimum Gasteiger partial charge on any atom is -0.481 e. The molecule has 0 bridgehead atoms. The summed E-state index contributed by atoms with van der Waals surface area (Å²) in [5, 5.41) is 0. The number of rotatable bonds is 3. The van der Waals surface area contributed by atoms with Crippen molar-refractivity contribution >= 4 is 5.91 Å². The first-order valence-corrected chi connectivity index (χ1v) is 7.82. The molecular formula is C17H24N2O2. The van der Waals surface area contributed by atoms with Crippen LogP contribution in [-0.4, -0.2) is 36.0 Å². The standard InChI is InChI=1S/C17H24N2O2/c1-11-4-3-5-14(8-11)21-12(2)17(20)19-9-13-6-7-16(18)15(13)10-19/h3-5,8,12-13,15-16H,6-7,9-10,18H2,1-2H3. The second kappa shape index (κ2) is 5.68. The largest absolute Gasteiger partial charge is 0.481 e. The summed E-state index contributed by atoms with van der Waals surface area (Å²) in [6.07, 6.45) is 1.82. The third-order valence-electron chi connectivity index (χ3n) is 4.87. The molecule has 0 radical (unpaired) electrons. The fourth-order valence-electron chi connectivity index (χ4n) is 3.69. The Kier molecular flexibility index (Phi) is 3.89. The third kappa shape index (κ3) is 2.91. The van der Waals surface area contributed by atoms with Crippen molar-refractivity contribution in [3.05, 3.63) is 29.8 Å². The van der Waals surface area contributed by atoms with Gasteiger partial charge in [-0.3, -0.25) is 4.79 Å². The van der Waals surface area contributed by atoms with E-state index < -0.39 is 6.10 Å². The molecule has 2 fully saturated rings. The van der Waals surface area contributed by atoms with Gasteiger partial charge in [0.1, 0.15) is 5.75 Å². The van der Waals surface area contributed by atoms with Crippen molar-refractivity contribution in [2.45, 2.75) is 38.8 Å². The first kappa shape index (κ1) is 14.4. The molecule has 2 aliphatic rings. The van der Waals surface area contributed by atoms with E-state index in [1.165, 1.54) is 0 Å². The average molecular weight is 288 g/mol. The van der Waals surface area contributed by atoms with E-state index in [0.717, 1.165) is 37.2 Å². The third-order valence-corrected chi connectivity index (χ3v) is 4.87. The molecule has 4 nitrogen and oxygen atoms in total. The number of hydrogen-bond acceptors (Lipinski definition) is 3. The molecule has 3 rings (SSSR count). The molecule has 21 heavy (non-hydrogen) atoms. The van der Waals surface area contributed by atoms with Gasteiger partial charge in [-0.25, -0.2) is 0 Å². The molecule has 1 saturated carbocycles. The van der Waals surface area contributed by atoms with E-state index in [-0.39, 0.29) is 11.9 Å². The van der Waals surface area contributed by atoms with Crippen LogP contribution in [0.2, 0.25) is 0 Å². The second-order valence-corrected chi connectivity index (χ2v) is 6.48. The Balaban J connectivity index is 1.60. The molecular weight excluding hydrogens is 264 g/mol. The van der Waals surface area contributed by atoms with Gasteiger partial charge in [-0.2, -0.15) is 0 Å². The normalized spacial score (nSPS) is 29.3. The van der Waals surface area contributed by atoms with Crippen molar-refractivity contribution < 1.29 is 9.53 Å². The van der Waals surface area contributed by atoms with E-state index >= 15 is 0 Å². The summed E-state index contributed by atoms with van der Waals surface area (Å²) in [7, 11) is 0. The van der Waals surface area contributed by atoms with Gasteiger partial charge in [-0.05, 0) is 56.2 Å². The van der Waals surface area contributed by atoms with Crippen LogP contribution in [-0.2, 0) is 4.79 Å². The lowest BCUT2D eigenvalue weighted by Gasteiger charge is -2.23. The molecule has 1 aliphatic carbocycles. The minimum absolute atomic E-state index is 0.0816. The summed E-state index contributed by atoms with van der Waals surface area (Å²) in [6, 6.07) is 8.08. The number of fused-ring (bicyclic) bond motifs is 1. The summed E-state index contributed by atoms with van der Waals surface area (Å²) in [4.78, 5) is 14.5. The molecule has 2 N–H and O–H groups in total. The van der Waals surface area contributed by atoms with Crippen molar-refractivity contribution in [2.75, 3.05) is 13.1 Å². The van der Waals surface area contributed by atoms with Crippen molar-refractivity contribution in [3.8, 4) is 5.75 Å². The summed E-state index contributed by atoms with van der Waals surface area (Å²) < 4.78 is 5.80. The fourth-order valence-corrected chi connectivity index (χ4v) is 3.69. The van der Waals surface area contributed by atoms with Gasteiger partial charge >= 0.3 is 0 Å². The molecule has 114 valence electrons. The number of benzene rings is 1. The zero-order valence-electron chi connectivity index (χ0n) is 12.8. The lowest BCUT2D eigenvalue weighted by molar-refractivity contribution is -0.137. The maximum Gasteiger partial charge on any atom is 0.263 e. The van der Waals surface area contributed by atoms with Gasteiger partial charge < -0.3 is 15.4 Å². The van der Waals surface area contributed by atoms with Crippen molar-refractivity contribution in [1.29, 1.82) is 0 Å². The van der Waals surface area contributed by atoms with E-state index in [4.69, 9.17) is 10.5 Å².